The average Bonchev–Trinajstić information content (AvgIpc) is 2.84. The van der Waals surface area contributed by atoms with E-state index < -0.39 is 17.1 Å². The van der Waals surface area contributed by atoms with Crippen molar-refractivity contribution in [3.8, 4) is 0 Å². The van der Waals surface area contributed by atoms with E-state index in [1.54, 1.807) is 32.9 Å². The van der Waals surface area contributed by atoms with Crippen molar-refractivity contribution in [2.45, 2.75) is 44.6 Å². The minimum Gasteiger partial charge on any atom is -0.443 e. The topological polar surface area (TPSA) is 46.6 Å². The fraction of sp³-hybridized carbons (Fsp3) is 0.304. The number of hydrogen-bond acceptors (Lipinski definition) is 3. The van der Waals surface area contributed by atoms with Crippen LogP contribution in [0.1, 0.15) is 38.3 Å². The molecule has 4 nitrogen and oxygen atoms in total. The van der Waals surface area contributed by atoms with Gasteiger partial charge in [0, 0.05) is 0 Å². The van der Waals surface area contributed by atoms with E-state index in [9.17, 15) is 9.59 Å². The molecule has 4 heteroatoms. The Kier molecular flexibility index (Phi) is 4.92. The number of nitrogens with zero attached hydrogens (tertiary/aromatic N) is 1. The molecular formula is C23H25NO3. The molecule has 1 atom stereocenters. The van der Waals surface area contributed by atoms with E-state index in [1.165, 1.54) is 4.90 Å². The number of hydrogen-bond donors (Lipinski definition) is 0. The van der Waals surface area contributed by atoms with Crippen LogP contribution in [0.3, 0.4) is 0 Å². The molecule has 1 heterocycles. The predicted molar refractivity (Wildman–Crippen MR) is 107 cm³/mol. The highest BCUT2D eigenvalue weighted by Crippen LogP contribution is 2.46. The monoisotopic (exact) mass is 363 g/mol. The maximum atomic E-state index is 13.6. The predicted octanol–water partition coefficient (Wildman–Crippen LogP) is 5.02. The highest BCUT2D eigenvalue weighted by molar-refractivity contribution is 6.21. The molecule has 0 aliphatic carbocycles. The molecule has 0 N–H and O–H groups in total. The number of anilines is 1. The number of rotatable bonds is 4. The Morgan fingerprint density at radius 2 is 1.74 bits per heavy atom. The smallest absolute Gasteiger partial charge is 0.421 e. The van der Waals surface area contributed by atoms with Gasteiger partial charge in [-0.1, -0.05) is 54.6 Å². The third-order valence-electron chi connectivity index (χ3n) is 4.69. The molecular weight excluding hydrogens is 338 g/mol. The van der Waals surface area contributed by atoms with Crippen molar-refractivity contribution >= 4 is 17.7 Å². The third kappa shape index (κ3) is 3.52. The number of amides is 2. The van der Waals surface area contributed by atoms with Crippen molar-refractivity contribution in [2.75, 3.05) is 4.90 Å². The summed E-state index contributed by atoms with van der Waals surface area (Å²) in [6.45, 7) is 9.23. The zero-order valence-corrected chi connectivity index (χ0v) is 16.1. The summed E-state index contributed by atoms with van der Waals surface area (Å²) < 4.78 is 5.51. The van der Waals surface area contributed by atoms with Crippen LogP contribution in [0.5, 0.6) is 0 Å². The quantitative estimate of drug-likeness (QED) is 0.716. The molecule has 0 aromatic heterocycles. The summed E-state index contributed by atoms with van der Waals surface area (Å²) in [5.41, 5.74) is 0.916. The Balaban J connectivity index is 2.10. The van der Waals surface area contributed by atoms with Gasteiger partial charge in [0.2, 0.25) is 5.91 Å². The van der Waals surface area contributed by atoms with Crippen molar-refractivity contribution in [2.24, 2.45) is 0 Å². The molecule has 0 fully saturated rings. The zero-order chi connectivity index (χ0) is 19.7. The SMILES string of the molecule is C=CC[C@]1(Cc2ccccc2)C(=O)N(C(=O)OC(C)(C)C)c2ccccc21. The fourth-order valence-electron chi connectivity index (χ4n) is 3.63. The normalized spacial score (nSPS) is 18.9. The van der Waals surface area contributed by atoms with Crippen LogP contribution in [-0.2, 0) is 21.4 Å². The highest BCUT2D eigenvalue weighted by Gasteiger charge is 2.52. The molecule has 1 aliphatic heterocycles. The number of ether oxygens (including phenoxy) is 1. The Morgan fingerprint density at radius 1 is 1.11 bits per heavy atom. The maximum Gasteiger partial charge on any atom is 0.421 e. The van der Waals surface area contributed by atoms with Gasteiger partial charge in [0.15, 0.2) is 0 Å². The van der Waals surface area contributed by atoms with Gasteiger partial charge in [-0.25, -0.2) is 9.69 Å². The third-order valence-corrected chi connectivity index (χ3v) is 4.69. The van der Waals surface area contributed by atoms with E-state index in [1.807, 2.05) is 48.5 Å². The number of allylic oxidation sites excluding steroid dienone is 1. The van der Waals surface area contributed by atoms with Crippen LogP contribution in [0.15, 0.2) is 67.3 Å². The van der Waals surface area contributed by atoms with Crippen molar-refractivity contribution in [3.05, 3.63) is 78.4 Å². The van der Waals surface area contributed by atoms with Gasteiger partial charge in [-0.3, -0.25) is 4.79 Å². The van der Waals surface area contributed by atoms with Crippen LogP contribution < -0.4 is 4.90 Å². The summed E-state index contributed by atoms with van der Waals surface area (Å²) in [5, 5.41) is 0. The van der Waals surface area contributed by atoms with Crippen LogP contribution in [0.2, 0.25) is 0 Å². The largest absolute Gasteiger partial charge is 0.443 e. The van der Waals surface area contributed by atoms with Gasteiger partial charge in [-0.05, 0) is 50.8 Å². The first-order chi connectivity index (χ1) is 12.8. The van der Waals surface area contributed by atoms with Gasteiger partial charge in [0.05, 0.1) is 11.1 Å². The second kappa shape index (κ2) is 7.03. The average molecular weight is 363 g/mol. The number of carbonyl (C=O) groups excluding carboxylic acids is 2. The number of carbonyl (C=O) groups is 2. The maximum absolute atomic E-state index is 13.6. The van der Waals surface area contributed by atoms with Crippen LogP contribution in [0, 0.1) is 0 Å². The summed E-state index contributed by atoms with van der Waals surface area (Å²) >= 11 is 0. The molecule has 2 aromatic carbocycles. The standard InChI is InChI=1S/C23H25NO3/c1-5-15-23(16-17-11-7-6-8-12-17)18-13-9-10-14-19(18)24(20(23)25)21(26)27-22(2,3)4/h5-14H,1,15-16H2,2-4H3/t23-/m1/s1. The molecule has 0 spiro atoms. The van der Waals surface area contributed by atoms with Gasteiger partial charge in [0.25, 0.3) is 0 Å². The number of fused-ring (bicyclic) bond motifs is 1. The molecule has 140 valence electrons. The van der Waals surface area contributed by atoms with Crippen molar-refractivity contribution in [3.63, 3.8) is 0 Å². The molecule has 1 aliphatic rings. The first-order valence-corrected chi connectivity index (χ1v) is 9.10. The Morgan fingerprint density at radius 3 is 2.37 bits per heavy atom. The highest BCUT2D eigenvalue weighted by atomic mass is 16.6. The molecule has 3 rings (SSSR count). The van der Waals surface area contributed by atoms with Crippen molar-refractivity contribution in [1.29, 1.82) is 0 Å². The lowest BCUT2D eigenvalue weighted by atomic mass is 9.74. The number of benzene rings is 2. The Labute approximate surface area is 160 Å². The first-order valence-electron chi connectivity index (χ1n) is 9.10. The number of imide groups is 1. The lowest BCUT2D eigenvalue weighted by Gasteiger charge is -2.28. The van der Waals surface area contributed by atoms with Crippen molar-refractivity contribution < 1.29 is 14.3 Å². The summed E-state index contributed by atoms with van der Waals surface area (Å²) in [6, 6.07) is 17.3. The summed E-state index contributed by atoms with van der Waals surface area (Å²) in [5.74, 6) is -0.262. The minimum absolute atomic E-state index is 0.262. The molecule has 0 saturated carbocycles. The molecule has 2 amide bonds. The molecule has 0 bridgehead atoms. The summed E-state index contributed by atoms with van der Waals surface area (Å²) in [7, 11) is 0. The second-order valence-electron chi connectivity index (χ2n) is 7.88. The lowest BCUT2D eigenvalue weighted by Crippen LogP contribution is -2.46. The Hall–Kier alpha value is -2.88. The molecule has 0 radical (unpaired) electrons. The first kappa shape index (κ1) is 18.9. The molecule has 0 saturated heterocycles. The number of para-hydroxylation sites is 1. The van der Waals surface area contributed by atoms with E-state index in [-0.39, 0.29) is 5.91 Å². The van der Waals surface area contributed by atoms with Gasteiger partial charge < -0.3 is 4.74 Å². The van der Waals surface area contributed by atoms with Gasteiger partial charge in [-0.15, -0.1) is 6.58 Å². The zero-order valence-electron chi connectivity index (χ0n) is 16.1. The van der Waals surface area contributed by atoms with Gasteiger partial charge >= 0.3 is 6.09 Å². The van der Waals surface area contributed by atoms with Gasteiger partial charge in [-0.2, -0.15) is 0 Å². The summed E-state index contributed by atoms with van der Waals surface area (Å²) in [6.07, 6.45) is 2.04. The van der Waals surface area contributed by atoms with Crippen LogP contribution in [-0.4, -0.2) is 17.6 Å². The van der Waals surface area contributed by atoms with Crippen molar-refractivity contribution in [1.82, 2.24) is 0 Å². The van der Waals surface area contributed by atoms with E-state index in [4.69, 9.17) is 4.74 Å². The van der Waals surface area contributed by atoms with E-state index in [0.29, 0.717) is 18.5 Å². The minimum atomic E-state index is -0.864. The lowest BCUT2D eigenvalue weighted by molar-refractivity contribution is -0.122. The van der Waals surface area contributed by atoms with Crippen LogP contribution >= 0.6 is 0 Å². The van der Waals surface area contributed by atoms with E-state index in [0.717, 1.165) is 11.1 Å². The van der Waals surface area contributed by atoms with E-state index >= 15 is 0 Å². The molecule has 27 heavy (non-hydrogen) atoms. The second-order valence-corrected chi connectivity index (χ2v) is 7.88. The summed E-state index contributed by atoms with van der Waals surface area (Å²) in [4.78, 5) is 27.6. The van der Waals surface area contributed by atoms with Gasteiger partial charge in [0.1, 0.15) is 5.60 Å². The molecule has 2 aromatic rings. The fourth-order valence-corrected chi connectivity index (χ4v) is 3.63. The van der Waals surface area contributed by atoms with Crippen LogP contribution in [0.4, 0.5) is 10.5 Å². The van der Waals surface area contributed by atoms with Crippen LogP contribution in [0.25, 0.3) is 0 Å². The molecule has 0 unspecified atom stereocenters. The Bertz CT molecular complexity index is 867. The van der Waals surface area contributed by atoms with E-state index in [2.05, 4.69) is 6.58 Å².